The number of aryl methyl sites for hydroxylation is 1. The molecule has 0 aliphatic heterocycles. The number of nitrogens with zero attached hydrogens (tertiary/aromatic N) is 2. The van der Waals surface area contributed by atoms with Gasteiger partial charge < -0.3 is 4.74 Å². The van der Waals surface area contributed by atoms with Crippen LogP contribution in [0.5, 0.6) is 0 Å². The normalized spacial score (nSPS) is 9.17. The molecule has 0 fully saturated rings. The summed E-state index contributed by atoms with van der Waals surface area (Å²) >= 11 is 0. The largest absolute Gasteiger partial charge is 0.469 e. The number of amidine groups is 1. The quantitative estimate of drug-likeness (QED) is 0.477. The van der Waals surface area contributed by atoms with Crippen molar-refractivity contribution in [2.45, 2.75) is 6.92 Å². The van der Waals surface area contributed by atoms with Gasteiger partial charge in [-0.15, -0.1) is 0 Å². The molecule has 0 aliphatic rings. The highest BCUT2D eigenvalue weighted by atomic mass is 16.5. The Bertz CT molecular complexity index is 286. The number of aromatic nitrogens is 2. The van der Waals surface area contributed by atoms with Crippen molar-refractivity contribution in [3.8, 4) is 0 Å². The minimum Gasteiger partial charge on any atom is -0.469 e. The van der Waals surface area contributed by atoms with E-state index < -0.39 is 0 Å². The second-order valence-corrected chi connectivity index (χ2v) is 2.21. The summed E-state index contributed by atoms with van der Waals surface area (Å²) in [6.45, 7) is 1.85. The molecule has 0 spiro atoms. The first-order valence-corrected chi connectivity index (χ1v) is 3.40. The fraction of sp³-hybridized carbons (Fsp3) is 0.286. The van der Waals surface area contributed by atoms with Crippen molar-refractivity contribution < 1.29 is 4.74 Å². The van der Waals surface area contributed by atoms with Crippen LogP contribution in [0.25, 0.3) is 0 Å². The monoisotopic (exact) mass is 166 g/mol. The summed E-state index contributed by atoms with van der Waals surface area (Å²) in [6.07, 6.45) is 3.08. The van der Waals surface area contributed by atoms with Gasteiger partial charge in [0.2, 0.25) is 0 Å². The lowest BCUT2D eigenvalue weighted by Gasteiger charge is -2.06. The van der Waals surface area contributed by atoms with E-state index in [1.165, 1.54) is 13.4 Å². The highest BCUT2D eigenvalue weighted by Gasteiger charge is 2.00. The molecule has 0 bridgehead atoms. The van der Waals surface area contributed by atoms with Gasteiger partial charge in [0.25, 0.3) is 6.02 Å². The molecular weight excluding hydrogens is 156 g/mol. The molecule has 2 N–H and O–H groups in total. The van der Waals surface area contributed by atoms with Crippen molar-refractivity contribution in [2.24, 2.45) is 0 Å². The Hall–Kier alpha value is -1.65. The molecule has 0 aromatic carbocycles. The molecule has 0 saturated carbocycles. The van der Waals surface area contributed by atoms with E-state index in [9.17, 15) is 0 Å². The third kappa shape index (κ3) is 1.91. The zero-order chi connectivity index (χ0) is 8.97. The molecule has 1 rings (SSSR count). The van der Waals surface area contributed by atoms with Crippen LogP contribution in [0.2, 0.25) is 0 Å². The first kappa shape index (κ1) is 8.45. The Morgan fingerprint density at radius 1 is 1.67 bits per heavy atom. The number of hydrogen-bond donors (Lipinski definition) is 2. The Kier molecular flexibility index (Phi) is 2.57. The number of methoxy groups -OCH3 is 1. The summed E-state index contributed by atoms with van der Waals surface area (Å²) in [7, 11) is 1.42. The van der Waals surface area contributed by atoms with Crippen molar-refractivity contribution in [1.29, 1.82) is 5.41 Å². The highest BCUT2D eigenvalue weighted by molar-refractivity contribution is 5.85. The fourth-order valence-electron chi connectivity index (χ4n) is 0.689. The predicted molar refractivity (Wildman–Crippen MR) is 45.1 cm³/mol. The van der Waals surface area contributed by atoms with Crippen LogP contribution >= 0.6 is 0 Å². The summed E-state index contributed by atoms with van der Waals surface area (Å²) in [4.78, 5) is 7.74. The molecule has 0 amide bonds. The zero-order valence-electron chi connectivity index (χ0n) is 6.96. The van der Waals surface area contributed by atoms with Crippen molar-refractivity contribution in [3.63, 3.8) is 0 Å². The Balaban J connectivity index is 2.75. The van der Waals surface area contributed by atoms with Crippen LogP contribution in [-0.2, 0) is 4.74 Å². The molecular formula is C7H10N4O. The Morgan fingerprint density at radius 3 is 3.00 bits per heavy atom. The molecule has 5 heteroatoms. The van der Waals surface area contributed by atoms with Crippen LogP contribution in [-0.4, -0.2) is 23.1 Å². The molecule has 0 saturated heterocycles. The van der Waals surface area contributed by atoms with Gasteiger partial charge in [-0.2, -0.15) is 0 Å². The predicted octanol–water partition coefficient (Wildman–Crippen LogP) is 0.778. The summed E-state index contributed by atoms with van der Waals surface area (Å²) in [5, 5.41) is 9.85. The standard InChI is InChI=1S/C7H10N4O/c1-5-3-9-4-10-6(5)11-7(8)12-2/h3-4H,1-2H3,(H2,8,9,10,11). The highest BCUT2D eigenvalue weighted by Crippen LogP contribution is 2.06. The summed E-state index contributed by atoms with van der Waals surface area (Å²) in [5.41, 5.74) is 0.874. The van der Waals surface area contributed by atoms with Gasteiger partial charge in [0, 0.05) is 11.8 Å². The zero-order valence-corrected chi connectivity index (χ0v) is 6.96. The molecule has 1 heterocycles. The van der Waals surface area contributed by atoms with E-state index in [2.05, 4.69) is 20.0 Å². The summed E-state index contributed by atoms with van der Waals surface area (Å²) in [5.74, 6) is 0.594. The molecule has 64 valence electrons. The second-order valence-electron chi connectivity index (χ2n) is 2.21. The molecule has 0 atom stereocenters. The summed E-state index contributed by atoms with van der Waals surface area (Å²) < 4.78 is 4.62. The van der Waals surface area contributed by atoms with Gasteiger partial charge in [0.1, 0.15) is 12.1 Å². The Morgan fingerprint density at radius 2 is 2.42 bits per heavy atom. The van der Waals surface area contributed by atoms with Crippen LogP contribution < -0.4 is 5.32 Å². The molecule has 0 unspecified atom stereocenters. The Labute approximate surface area is 70.3 Å². The minimum absolute atomic E-state index is 0.0307. The van der Waals surface area contributed by atoms with E-state index in [-0.39, 0.29) is 6.02 Å². The lowest BCUT2D eigenvalue weighted by Crippen LogP contribution is -2.14. The van der Waals surface area contributed by atoms with E-state index >= 15 is 0 Å². The third-order valence-electron chi connectivity index (χ3n) is 1.33. The van der Waals surface area contributed by atoms with E-state index in [1.54, 1.807) is 6.20 Å². The maximum atomic E-state index is 7.18. The van der Waals surface area contributed by atoms with Crippen LogP contribution in [0.15, 0.2) is 12.5 Å². The van der Waals surface area contributed by atoms with Gasteiger partial charge in [0.05, 0.1) is 7.11 Å². The number of hydrogen-bond acceptors (Lipinski definition) is 4. The number of nitrogens with one attached hydrogen (secondary N) is 2. The molecule has 5 nitrogen and oxygen atoms in total. The van der Waals surface area contributed by atoms with Gasteiger partial charge in [-0.05, 0) is 6.92 Å². The van der Waals surface area contributed by atoms with E-state index in [4.69, 9.17) is 5.41 Å². The second kappa shape index (κ2) is 3.66. The van der Waals surface area contributed by atoms with E-state index in [0.29, 0.717) is 5.82 Å². The van der Waals surface area contributed by atoms with Gasteiger partial charge >= 0.3 is 0 Å². The van der Waals surface area contributed by atoms with Crippen molar-refractivity contribution >= 4 is 11.8 Å². The maximum absolute atomic E-state index is 7.18. The smallest absolute Gasteiger partial charge is 0.287 e. The summed E-state index contributed by atoms with van der Waals surface area (Å²) in [6, 6.07) is -0.0307. The van der Waals surface area contributed by atoms with Crippen molar-refractivity contribution in [1.82, 2.24) is 9.97 Å². The molecule has 0 aliphatic carbocycles. The van der Waals surface area contributed by atoms with Crippen LogP contribution in [0.4, 0.5) is 5.82 Å². The topological polar surface area (TPSA) is 70.9 Å². The van der Waals surface area contributed by atoms with E-state index in [0.717, 1.165) is 5.56 Å². The van der Waals surface area contributed by atoms with Gasteiger partial charge in [-0.1, -0.05) is 0 Å². The van der Waals surface area contributed by atoms with Crippen LogP contribution in [0.1, 0.15) is 5.56 Å². The van der Waals surface area contributed by atoms with Gasteiger partial charge in [-0.25, -0.2) is 9.97 Å². The molecule has 1 aromatic rings. The van der Waals surface area contributed by atoms with Gasteiger partial charge in [-0.3, -0.25) is 10.7 Å². The number of rotatable bonds is 1. The number of anilines is 1. The first-order chi connectivity index (χ1) is 5.74. The molecule has 1 aromatic heterocycles. The SMILES string of the molecule is COC(=N)Nc1ncncc1C. The minimum atomic E-state index is -0.0307. The third-order valence-corrected chi connectivity index (χ3v) is 1.33. The van der Waals surface area contributed by atoms with Crippen molar-refractivity contribution in [3.05, 3.63) is 18.1 Å². The van der Waals surface area contributed by atoms with Gasteiger partial charge in [0.15, 0.2) is 0 Å². The average Bonchev–Trinajstić information content (AvgIpc) is 2.09. The first-order valence-electron chi connectivity index (χ1n) is 3.40. The molecule has 12 heavy (non-hydrogen) atoms. The lowest BCUT2D eigenvalue weighted by molar-refractivity contribution is 0.398. The lowest BCUT2D eigenvalue weighted by atomic mass is 10.3. The van der Waals surface area contributed by atoms with E-state index in [1.807, 2.05) is 6.92 Å². The van der Waals surface area contributed by atoms with Crippen LogP contribution in [0, 0.1) is 12.3 Å². The van der Waals surface area contributed by atoms with Crippen LogP contribution in [0.3, 0.4) is 0 Å². The number of ether oxygens (including phenoxy) is 1. The van der Waals surface area contributed by atoms with Crippen molar-refractivity contribution in [2.75, 3.05) is 12.4 Å². The maximum Gasteiger partial charge on any atom is 0.287 e. The fourth-order valence-corrected chi connectivity index (χ4v) is 0.689. The molecule has 0 radical (unpaired) electrons. The average molecular weight is 166 g/mol.